The molecule has 2 N–H and O–H groups in total. The van der Waals surface area contributed by atoms with Crippen LogP contribution in [0, 0.1) is 34.6 Å². The summed E-state index contributed by atoms with van der Waals surface area (Å²) >= 11 is 1.07. The molecule has 154 valence electrons. The summed E-state index contributed by atoms with van der Waals surface area (Å²) in [6.45, 7) is 8.81. The van der Waals surface area contributed by atoms with Gasteiger partial charge in [-0.05, 0) is 68.3 Å². The van der Waals surface area contributed by atoms with Crippen LogP contribution in [0.3, 0.4) is 0 Å². The summed E-state index contributed by atoms with van der Waals surface area (Å²) in [6.07, 6.45) is -0.00498. The van der Waals surface area contributed by atoms with Gasteiger partial charge in [0.25, 0.3) is 10.0 Å². The standard InChI is InChI=1S/C20H22N2O5S2/c1-10-8-11(2)18(24)13(4)15(10)9-16(23)19-17(6-7-28-19)29(25,26)22-20-12(3)14(5)21-27-20/h6-8,22,24H,9H2,1-5H3. The Morgan fingerprint density at radius 2 is 1.86 bits per heavy atom. The maximum atomic E-state index is 13.0. The molecule has 0 saturated heterocycles. The number of hydrogen-bond donors (Lipinski definition) is 2. The second-order valence-electron chi connectivity index (χ2n) is 7.00. The monoisotopic (exact) mass is 434 g/mol. The molecular weight excluding hydrogens is 412 g/mol. The minimum Gasteiger partial charge on any atom is -0.507 e. The Hall–Kier alpha value is -2.65. The summed E-state index contributed by atoms with van der Waals surface area (Å²) in [5, 5.41) is 15.5. The number of aryl methyl sites for hydroxylation is 3. The molecule has 9 heteroatoms. The van der Waals surface area contributed by atoms with Crippen molar-refractivity contribution in [2.75, 3.05) is 4.72 Å². The highest BCUT2D eigenvalue weighted by Crippen LogP contribution is 2.31. The number of carbonyl (C=O) groups is 1. The number of nitrogens with zero attached hydrogens (tertiary/aromatic N) is 1. The Morgan fingerprint density at radius 1 is 1.17 bits per heavy atom. The summed E-state index contributed by atoms with van der Waals surface area (Å²) in [7, 11) is -4.03. The molecule has 0 amide bonds. The highest BCUT2D eigenvalue weighted by Gasteiger charge is 2.27. The van der Waals surface area contributed by atoms with Crippen molar-refractivity contribution in [3.63, 3.8) is 0 Å². The minimum absolute atomic E-state index is 0.00498. The fourth-order valence-corrected chi connectivity index (χ4v) is 5.56. The van der Waals surface area contributed by atoms with Crippen molar-refractivity contribution in [3.05, 3.63) is 55.9 Å². The van der Waals surface area contributed by atoms with E-state index in [1.807, 2.05) is 13.0 Å². The van der Waals surface area contributed by atoms with Crippen LogP contribution in [0.4, 0.5) is 5.88 Å². The van der Waals surface area contributed by atoms with E-state index in [1.54, 1.807) is 33.1 Å². The van der Waals surface area contributed by atoms with Crippen LogP contribution < -0.4 is 4.72 Å². The lowest BCUT2D eigenvalue weighted by Crippen LogP contribution is -2.16. The molecule has 0 saturated carbocycles. The van der Waals surface area contributed by atoms with Crippen LogP contribution in [0.2, 0.25) is 0 Å². The Kier molecular flexibility index (Phi) is 5.55. The molecule has 0 bridgehead atoms. The molecule has 7 nitrogen and oxygen atoms in total. The van der Waals surface area contributed by atoms with Crippen LogP contribution in [-0.2, 0) is 16.4 Å². The predicted molar refractivity (Wildman–Crippen MR) is 111 cm³/mol. The topological polar surface area (TPSA) is 110 Å². The van der Waals surface area contributed by atoms with E-state index >= 15 is 0 Å². The largest absolute Gasteiger partial charge is 0.507 e. The number of aromatic hydroxyl groups is 1. The van der Waals surface area contributed by atoms with Crippen molar-refractivity contribution in [1.82, 2.24) is 5.16 Å². The fraction of sp³-hybridized carbons (Fsp3) is 0.300. The Morgan fingerprint density at radius 3 is 2.48 bits per heavy atom. The molecule has 0 atom stereocenters. The second-order valence-corrected chi connectivity index (χ2v) is 9.57. The van der Waals surface area contributed by atoms with Gasteiger partial charge in [0, 0.05) is 12.0 Å². The average molecular weight is 435 g/mol. The van der Waals surface area contributed by atoms with Crippen molar-refractivity contribution >= 4 is 33.0 Å². The van der Waals surface area contributed by atoms with Crippen molar-refractivity contribution in [1.29, 1.82) is 0 Å². The first kappa shape index (κ1) is 21.1. The average Bonchev–Trinajstić information content (AvgIpc) is 3.26. The van der Waals surface area contributed by atoms with Gasteiger partial charge in [0.1, 0.15) is 10.6 Å². The Bertz CT molecular complexity index is 1210. The van der Waals surface area contributed by atoms with E-state index in [4.69, 9.17) is 4.52 Å². The van der Waals surface area contributed by atoms with Crippen LogP contribution in [0.25, 0.3) is 0 Å². The first-order chi connectivity index (χ1) is 13.5. The minimum atomic E-state index is -4.03. The van der Waals surface area contributed by atoms with E-state index in [9.17, 15) is 18.3 Å². The molecule has 2 aromatic heterocycles. The third kappa shape index (κ3) is 3.92. The van der Waals surface area contributed by atoms with Crippen molar-refractivity contribution in [2.45, 2.75) is 45.9 Å². The number of anilines is 1. The lowest BCUT2D eigenvalue weighted by molar-refractivity contribution is 0.0993. The number of nitrogens with one attached hydrogen (secondary N) is 1. The third-order valence-corrected chi connectivity index (χ3v) is 7.44. The number of carbonyl (C=O) groups excluding carboxylic acids is 1. The van der Waals surface area contributed by atoms with Gasteiger partial charge >= 0.3 is 0 Å². The maximum absolute atomic E-state index is 13.0. The third-order valence-electron chi connectivity index (χ3n) is 4.98. The van der Waals surface area contributed by atoms with Gasteiger partial charge in [-0.2, -0.15) is 0 Å². The molecular formula is C20H22N2O5S2. The summed E-state index contributed by atoms with van der Waals surface area (Å²) in [5.74, 6) is -0.155. The molecule has 0 aliphatic carbocycles. The predicted octanol–water partition coefficient (Wildman–Crippen LogP) is 4.21. The zero-order chi connectivity index (χ0) is 21.5. The van der Waals surface area contributed by atoms with Crippen molar-refractivity contribution < 1.29 is 22.8 Å². The molecule has 2 heterocycles. The molecule has 3 aromatic rings. The number of thiophene rings is 1. The van der Waals surface area contributed by atoms with Crippen LogP contribution in [0.5, 0.6) is 5.75 Å². The molecule has 0 aliphatic heterocycles. The first-order valence-corrected chi connectivity index (χ1v) is 11.2. The van der Waals surface area contributed by atoms with Gasteiger partial charge in [-0.15, -0.1) is 11.3 Å². The zero-order valence-electron chi connectivity index (χ0n) is 16.8. The first-order valence-electron chi connectivity index (χ1n) is 8.88. The lowest BCUT2D eigenvalue weighted by atomic mass is 9.94. The van der Waals surface area contributed by atoms with Gasteiger partial charge in [-0.3, -0.25) is 4.79 Å². The number of sulfonamides is 1. The highest BCUT2D eigenvalue weighted by atomic mass is 32.2. The highest BCUT2D eigenvalue weighted by molar-refractivity contribution is 7.93. The maximum Gasteiger partial charge on any atom is 0.265 e. The zero-order valence-corrected chi connectivity index (χ0v) is 18.4. The van der Waals surface area contributed by atoms with Crippen LogP contribution in [-0.4, -0.2) is 24.5 Å². The molecule has 3 rings (SSSR count). The summed E-state index contributed by atoms with van der Waals surface area (Å²) < 4.78 is 33.1. The van der Waals surface area contributed by atoms with Crippen molar-refractivity contribution in [2.24, 2.45) is 0 Å². The molecule has 0 aliphatic rings. The van der Waals surface area contributed by atoms with Gasteiger partial charge in [0.2, 0.25) is 5.88 Å². The number of phenols is 1. The normalized spacial score (nSPS) is 11.6. The number of benzene rings is 1. The fourth-order valence-electron chi connectivity index (χ4n) is 3.13. The van der Waals surface area contributed by atoms with E-state index in [0.717, 1.165) is 22.5 Å². The number of aromatic nitrogens is 1. The summed E-state index contributed by atoms with van der Waals surface area (Å²) in [4.78, 5) is 13.0. The molecule has 29 heavy (non-hydrogen) atoms. The van der Waals surface area contributed by atoms with Crippen LogP contribution >= 0.6 is 11.3 Å². The molecule has 0 unspecified atom stereocenters. The lowest BCUT2D eigenvalue weighted by Gasteiger charge is -2.13. The van der Waals surface area contributed by atoms with Crippen LogP contribution in [0.15, 0.2) is 26.9 Å². The van der Waals surface area contributed by atoms with Gasteiger partial charge < -0.3 is 9.63 Å². The number of ketones is 1. The number of rotatable bonds is 6. The SMILES string of the molecule is Cc1cc(C)c(CC(=O)c2sccc2S(=O)(=O)Nc2onc(C)c2C)c(C)c1O. The van der Waals surface area contributed by atoms with E-state index in [2.05, 4.69) is 9.88 Å². The quantitative estimate of drug-likeness (QED) is 0.563. The Balaban J connectivity index is 1.93. The Labute approximate surface area is 173 Å². The van der Waals surface area contributed by atoms with Gasteiger partial charge in [-0.1, -0.05) is 11.2 Å². The summed E-state index contributed by atoms with van der Waals surface area (Å²) in [6, 6.07) is 3.21. The number of Topliss-reactive ketones (excluding diaryl/α,β-unsaturated/α-hetero) is 1. The number of hydrogen-bond acceptors (Lipinski definition) is 7. The molecule has 0 radical (unpaired) electrons. The summed E-state index contributed by atoms with van der Waals surface area (Å²) in [5.41, 5.74) is 4.09. The van der Waals surface area contributed by atoms with E-state index in [0.29, 0.717) is 22.4 Å². The van der Waals surface area contributed by atoms with Gasteiger partial charge in [0.05, 0.1) is 10.6 Å². The second kappa shape index (κ2) is 7.64. The van der Waals surface area contributed by atoms with Crippen LogP contribution in [0.1, 0.15) is 43.2 Å². The van der Waals surface area contributed by atoms with E-state index < -0.39 is 10.0 Å². The van der Waals surface area contributed by atoms with E-state index in [-0.39, 0.29) is 33.6 Å². The smallest absolute Gasteiger partial charge is 0.265 e. The molecule has 0 spiro atoms. The molecule has 1 aromatic carbocycles. The van der Waals surface area contributed by atoms with Gasteiger partial charge in [0.15, 0.2) is 5.78 Å². The van der Waals surface area contributed by atoms with Gasteiger partial charge in [-0.25, -0.2) is 13.1 Å². The number of phenolic OH excluding ortho intramolecular Hbond substituents is 1. The van der Waals surface area contributed by atoms with E-state index in [1.165, 1.54) is 6.07 Å². The molecule has 0 fully saturated rings. The van der Waals surface area contributed by atoms with Crippen molar-refractivity contribution in [3.8, 4) is 5.75 Å².